The summed E-state index contributed by atoms with van der Waals surface area (Å²) in [5, 5.41) is 3.50. The molecule has 3 nitrogen and oxygen atoms in total. The Labute approximate surface area is 105 Å². The van der Waals surface area contributed by atoms with Gasteiger partial charge in [0.15, 0.2) is 0 Å². The summed E-state index contributed by atoms with van der Waals surface area (Å²) >= 11 is 6.11. The molecule has 0 atom stereocenters. The van der Waals surface area contributed by atoms with Gasteiger partial charge in [0.1, 0.15) is 11.4 Å². The van der Waals surface area contributed by atoms with Crippen LogP contribution in [0.15, 0.2) is 29.3 Å². The van der Waals surface area contributed by atoms with E-state index in [-0.39, 0.29) is 5.91 Å². The lowest BCUT2D eigenvalue weighted by atomic mass is 9.99. The highest BCUT2D eigenvalue weighted by atomic mass is 35.5. The van der Waals surface area contributed by atoms with Crippen LogP contribution in [-0.2, 0) is 4.79 Å². The standard InChI is InChI=1S/C13H13ClN2O/c14-10-6-2-1-5-9(10)11-15-12(17)13(16-11)7-3-4-8-13/h1-2,5-6H,3-4,7-8H2,(H,15,16,17). The van der Waals surface area contributed by atoms with Crippen molar-refractivity contribution >= 4 is 23.3 Å². The predicted molar refractivity (Wildman–Crippen MR) is 67.3 cm³/mol. The molecule has 0 saturated heterocycles. The number of hydrogen-bond acceptors (Lipinski definition) is 2. The molecule has 1 heterocycles. The molecule has 2 aliphatic rings. The maximum absolute atomic E-state index is 12.0. The Kier molecular flexibility index (Phi) is 2.44. The number of nitrogens with one attached hydrogen (secondary N) is 1. The third-order valence-corrected chi connectivity index (χ3v) is 3.87. The predicted octanol–water partition coefficient (Wildman–Crippen LogP) is 2.53. The van der Waals surface area contributed by atoms with E-state index in [0.717, 1.165) is 31.2 Å². The summed E-state index contributed by atoms with van der Waals surface area (Å²) in [6.07, 6.45) is 3.86. The maximum atomic E-state index is 12.0. The van der Waals surface area contributed by atoms with Gasteiger partial charge in [0.05, 0.1) is 5.02 Å². The number of benzene rings is 1. The van der Waals surface area contributed by atoms with E-state index in [2.05, 4.69) is 10.3 Å². The van der Waals surface area contributed by atoms with Crippen molar-refractivity contribution < 1.29 is 4.79 Å². The molecule has 17 heavy (non-hydrogen) atoms. The van der Waals surface area contributed by atoms with Crippen LogP contribution in [-0.4, -0.2) is 17.3 Å². The number of aliphatic imine (C=N–C) groups is 1. The summed E-state index contributed by atoms with van der Waals surface area (Å²) < 4.78 is 0. The van der Waals surface area contributed by atoms with Gasteiger partial charge in [0, 0.05) is 5.56 Å². The Morgan fingerprint density at radius 2 is 1.94 bits per heavy atom. The molecule has 88 valence electrons. The number of nitrogens with zero attached hydrogens (tertiary/aromatic N) is 1. The highest BCUT2D eigenvalue weighted by molar-refractivity contribution is 6.35. The van der Waals surface area contributed by atoms with Crippen LogP contribution >= 0.6 is 11.6 Å². The molecule has 0 bridgehead atoms. The zero-order chi connectivity index (χ0) is 11.9. The van der Waals surface area contributed by atoms with Crippen LogP contribution in [0.3, 0.4) is 0 Å². The highest BCUT2D eigenvalue weighted by Gasteiger charge is 2.45. The van der Waals surface area contributed by atoms with E-state index in [4.69, 9.17) is 11.6 Å². The molecule has 1 aromatic rings. The van der Waals surface area contributed by atoms with E-state index in [1.54, 1.807) is 0 Å². The number of halogens is 1. The summed E-state index contributed by atoms with van der Waals surface area (Å²) in [7, 11) is 0. The van der Waals surface area contributed by atoms with Gasteiger partial charge < -0.3 is 5.32 Å². The molecule has 3 rings (SSSR count). The first-order valence-corrected chi connectivity index (χ1v) is 6.25. The summed E-state index contributed by atoms with van der Waals surface area (Å²) in [6.45, 7) is 0. The molecule has 1 spiro atoms. The van der Waals surface area contributed by atoms with Gasteiger partial charge in [0.25, 0.3) is 5.91 Å². The van der Waals surface area contributed by atoms with Crippen LogP contribution in [0.4, 0.5) is 0 Å². The van der Waals surface area contributed by atoms with Crippen molar-refractivity contribution in [3.63, 3.8) is 0 Å². The molecule has 1 fully saturated rings. The molecule has 1 aromatic carbocycles. The fraction of sp³-hybridized carbons (Fsp3) is 0.385. The smallest absolute Gasteiger partial charge is 0.253 e. The summed E-state index contributed by atoms with van der Waals surface area (Å²) in [4.78, 5) is 16.6. The number of carbonyl (C=O) groups is 1. The summed E-state index contributed by atoms with van der Waals surface area (Å²) in [6, 6.07) is 7.46. The summed E-state index contributed by atoms with van der Waals surface area (Å²) in [5.74, 6) is 0.660. The van der Waals surface area contributed by atoms with Crippen molar-refractivity contribution in [2.75, 3.05) is 0 Å². The second kappa shape index (κ2) is 3.84. The molecule has 1 N–H and O–H groups in total. The molecule has 1 aliphatic carbocycles. The van der Waals surface area contributed by atoms with Crippen LogP contribution in [0.1, 0.15) is 31.2 Å². The monoisotopic (exact) mass is 248 g/mol. The summed E-state index contributed by atoms with van der Waals surface area (Å²) in [5.41, 5.74) is 0.306. The van der Waals surface area contributed by atoms with E-state index in [9.17, 15) is 4.79 Å². The van der Waals surface area contributed by atoms with E-state index < -0.39 is 5.54 Å². The van der Waals surface area contributed by atoms with E-state index in [1.165, 1.54) is 0 Å². The van der Waals surface area contributed by atoms with Gasteiger partial charge in [-0.2, -0.15) is 0 Å². The lowest BCUT2D eigenvalue weighted by molar-refractivity contribution is -0.123. The fourth-order valence-corrected chi connectivity index (χ4v) is 2.82. The average Bonchev–Trinajstić information content (AvgIpc) is 2.90. The SMILES string of the molecule is O=C1NC(c2ccccc2Cl)=NC12CCCC2. The van der Waals surface area contributed by atoms with Gasteiger partial charge in [-0.15, -0.1) is 0 Å². The first-order chi connectivity index (χ1) is 8.21. The third-order valence-electron chi connectivity index (χ3n) is 3.54. The molecular weight excluding hydrogens is 236 g/mol. The minimum absolute atomic E-state index is 0.0323. The van der Waals surface area contributed by atoms with Gasteiger partial charge in [0.2, 0.25) is 0 Å². The maximum Gasteiger partial charge on any atom is 0.253 e. The van der Waals surface area contributed by atoms with Gasteiger partial charge in [-0.05, 0) is 25.0 Å². The third kappa shape index (κ3) is 1.65. The Bertz CT molecular complexity index is 504. The topological polar surface area (TPSA) is 41.5 Å². The van der Waals surface area contributed by atoms with Crippen LogP contribution in [0.25, 0.3) is 0 Å². The van der Waals surface area contributed by atoms with Crippen LogP contribution in [0, 0.1) is 0 Å². The minimum atomic E-state index is -0.505. The Morgan fingerprint density at radius 3 is 2.65 bits per heavy atom. The molecular formula is C13H13ClN2O. The van der Waals surface area contributed by atoms with Crippen LogP contribution in [0.5, 0.6) is 0 Å². The fourth-order valence-electron chi connectivity index (χ4n) is 2.60. The van der Waals surface area contributed by atoms with Gasteiger partial charge in [-0.3, -0.25) is 9.79 Å². The molecule has 1 saturated carbocycles. The number of amides is 1. The molecule has 4 heteroatoms. The van der Waals surface area contributed by atoms with Gasteiger partial charge >= 0.3 is 0 Å². The molecule has 0 radical (unpaired) electrons. The zero-order valence-electron chi connectivity index (χ0n) is 9.37. The van der Waals surface area contributed by atoms with Gasteiger partial charge in [-0.25, -0.2) is 0 Å². The van der Waals surface area contributed by atoms with Crippen molar-refractivity contribution in [1.29, 1.82) is 0 Å². The number of carbonyl (C=O) groups excluding carboxylic acids is 1. The van der Waals surface area contributed by atoms with Crippen LogP contribution in [0.2, 0.25) is 5.02 Å². The molecule has 1 amide bonds. The normalized spacial score (nSPS) is 21.7. The minimum Gasteiger partial charge on any atom is -0.308 e. The molecule has 0 aromatic heterocycles. The second-order valence-corrected chi connectivity index (χ2v) is 5.04. The quantitative estimate of drug-likeness (QED) is 0.815. The second-order valence-electron chi connectivity index (χ2n) is 4.63. The number of hydrogen-bond donors (Lipinski definition) is 1. The van der Waals surface area contributed by atoms with E-state index in [1.807, 2.05) is 24.3 Å². The van der Waals surface area contributed by atoms with Crippen LogP contribution < -0.4 is 5.32 Å². The highest BCUT2D eigenvalue weighted by Crippen LogP contribution is 2.37. The zero-order valence-corrected chi connectivity index (χ0v) is 10.1. The average molecular weight is 249 g/mol. The van der Waals surface area contributed by atoms with Crippen molar-refractivity contribution in [3.05, 3.63) is 34.9 Å². The lowest BCUT2D eigenvalue weighted by Crippen LogP contribution is -2.37. The van der Waals surface area contributed by atoms with Crippen molar-refractivity contribution in [1.82, 2.24) is 5.32 Å². The van der Waals surface area contributed by atoms with Crippen molar-refractivity contribution in [2.45, 2.75) is 31.2 Å². The first kappa shape index (κ1) is 10.8. The number of amidine groups is 1. The lowest BCUT2D eigenvalue weighted by Gasteiger charge is -2.14. The molecule has 1 aliphatic heterocycles. The Hall–Kier alpha value is -1.35. The van der Waals surface area contributed by atoms with Crippen molar-refractivity contribution in [3.8, 4) is 0 Å². The largest absolute Gasteiger partial charge is 0.308 e. The van der Waals surface area contributed by atoms with Gasteiger partial charge in [-0.1, -0.05) is 36.6 Å². The van der Waals surface area contributed by atoms with E-state index in [0.29, 0.717) is 10.9 Å². The first-order valence-electron chi connectivity index (χ1n) is 5.87. The molecule has 0 unspecified atom stereocenters. The van der Waals surface area contributed by atoms with Crippen molar-refractivity contribution in [2.24, 2.45) is 4.99 Å². The number of rotatable bonds is 1. The Balaban J connectivity index is 2.01. The Morgan fingerprint density at radius 1 is 1.24 bits per heavy atom. The van der Waals surface area contributed by atoms with E-state index >= 15 is 0 Å².